The van der Waals surface area contributed by atoms with Crippen molar-refractivity contribution >= 4 is 5.91 Å². The molecular formula is C15H31N3O. The van der Waals surface area contributed by atoms with Crippen molar-refractivity contribution in [1.29, 1.82) is 0 Å². The molecule has 4 heteroatoms. The van der Waals surface area contributed by atoms with E-state index in [-0.39, 0.29) is 11.9 Å². The lowest BCUT2D eigenvalue weighted by molar-refractivity contribution is -0.126. The number of rotatable bonds is 7. The highest BCUT2D eigenvalue weighted by atomic mass is 16.2. The van der Waals surface area contributed by atoms with Gasteiger partial charge in [0.25, 0.3) is 0 Å². The summed E-state index contributed by atoms with van der Waals surface area (Å²) in [7, 11) is 0. The number of carbonyl (C=O) groups is 1. The van der Waals surface area contributed by atoms with Crippen molar-refractivity contribution in [3.05, 3.63) is 0 Å². The van der Waals surface area contributed by atoms with Crippen LogP contribution in [-0.2, 0) is 4.79 Å². The van der Waals surface area contributed by atoms with Gasteiger partial charge in [0.05, 0.1) is 6.04 Å². The second-order valence-corrected chi connectivity index (χ2v) is 5.97. The van der Waals surface area contributed by atoms with E-state index >= 15 is 0 Å². The molecule has 1 amide bonds. The molecule has 2 N–H and O–H groups in total. The maximum atomic E-state index is 12.1. The van der Waals surface area contributed by atoms with E-state index < -0.39 is 0 Å². The molecule has 4 nitrogen and oxygen atoms in total. The number of hydrogen-bond acceptors (Lipinski definition) is 3. The Labute approximate surface area is 118 Å². The topological polar surface area (TPSA) is 44.4 Å². The maximum absolute atomic E-state index is 12.1. The molecule has 0 aromatic carbocycles. The molecule has 19 heavy (non-hydrogen) atoms. The van der Waals surface area contributed by atoms with Crippen molar-refractivity contribution < 1.29 is 4.79 Å². The van der Waals surface area contributed by atoms with E-state index in [9.17, 15) is 4.79 Å². The van der Waals surface area contributed by atoms with Crippen LogP contribution in [0.25, 0.3) is 0 Å². The van der Waals surface area contributed by atoms with E-state index in [0.717, 1.165) is 32.6 Å². The Morgan fingerprint density at radius 1 is 1.42 bits per heavy atom. The lowest BCUT2D eigenvalue weighted by Gasteiger charge is -2.36. The molecular weight excluding hydrogens is 238 g/mol. The number of nitrogens with zero attached hydrogens (tertiary/aromatic N) is 1. The van der Waals surface area contributed by atoms with Crippen molar-refractivity contribution in [3.63, 3.8) is 0 Å². The highest BCUT2D eigenvalue weighted by Crippen LogP contribution is 2.16. The lowest BCUT2D eigenvalue weighted by atomic mass is 9.97. The van der Waals surface area contributed by atoms with Crippen LogP contribution in [0.4, 0.5) is 0 Å². The van der Waals surface area contributed by atoms with Gasteiger partial charge in [-0.1, -0.05) is 6.92 Å². The third-order valence-electron chi connectivity index (χ3n) is 3.96. The van der Waals surface area contributed by atoms with Gasteiger partial charge in [0.2, 0.25) is 5.91 Å². The number of piperidine rings is 1. The first-order valence-electron chi connectivity index (χ1n) is 7.80. The van der Waals surface area contributed by atoms with Crippen LogP contribution in [0.2, 0.25) is 0 Å². The summed E-state index contributed by atoms with van der Waals surface area (Å²) in [6, 6.07) is 0.373. The largest absolute Gasteiger partial charge is 0.355 e. The first-order chi connectivity index (χ1) is 9.06. The zero-order chi connectivity index (χ0) is 14.3. The van der Waals surface area contributed by atoms with Gasteiger partial charge in [0, 0.05) is 19.1 Å². The smallest absolute Gasteiger partial charge is 0.237 e. The predicted molar refractivity (Wildman–Crippen MR) is 80.2 cm³/mol. The molecule has 1 aliphatic heterocycles. The monoisotopic (exact) mass is 269 g/mol. The van der Waals surface area contributed by atoms with Crippen LogP contribution in [0.3, 0.4) is 0 Å². The molecule has 1 saturated heterocycles. The Hall–Kier alpha value is -0.610. The summed E-state index contributed by atoms with van der Waals surface area (Å²) in [6.45, 7) is 12.5. The Kier molecular flexibility index (Phi) is 7.39. The Bertz CT molecular complexity index is 262. The molecule has 0 saturated carbocycles. The van der Waals surface area contributed by atoms with Crippen LogP contribution in [-0.4, -0.2) is 49.1 Å². The van der Waals surface area contributed by atoms with Gasteiger partial charge in [-0.25, -0.2) is 0 Å². The second-order valence-electron chi connectivity index (χ2n) is 5.97. The molecule has 1 heterocycles. The van der Waals surface area contributed by atoms with Gasteiger partial charge >= 0.3 is 0 Å². The average molecular weight is 269 g/mol. The maximum Gasteiger partial charge on any atom is 0.237 e. The number of amides is 1. The van der Waals surface area contributed by atoms with Crippen molar-refractivity contribution in [3.8, 4) is 0 Å². The molecule has 0 aliphatic carbocycles. The zero-order valence-corrected chi connectivity index (χ0v) is 13.0. The fraction of sp³-hybridized carbons (Fsp3) is 0.933. The molecule has 1 fully saturated rings. The minimum Gasteiger partial charge on any atom is -0.355 e. The van der Waals surface area contributed by atoms with Gasteiger partial charge in [0.15, 0.2) is 0 Å². The van der Waals surface area contributed by atoms with Gasteiger partial charge in [-0.3, -0.25) is 9.69 Å². The van der Waals surface area contributed by atoms with Gasteiger partial charge < -0.3 is 10.6 Å². The summed E-state index contributed by atoms with van der Waals surface area (Å²) >= 11 is 0. The number of carbonyl (C=O) groups excluding carboxylic acids is 1. The van der Waals surface area contributed by atoms with Crippen molar-refractivity contribution in [2.24, 2.45) is 5.92 Å². The molecule has 0 aromatic rings. The summed E-state index contributed by atoms with van der Waals surface area (Å²) in [5.74, 6) is 0.844. The Morgan fingerprint density at radius 2 is 2.16 bits per heavy atom. The van der Waals surface area contributed by atoms with Crippen molar-refractivity contribution in [2.75, 3.05) is 26.2 Å². The standard InChI is InChI=1S/C15H31N3O/c1-5-8-17-15(19)13(4)18(12(2)3)11-14-7-6-9-16-10-14/h12-14,16H,5-11H2,1-4H3,(H,17,19). The molecule has 112 valence electrons. The van der Waals surface area contributed by atoms with Crippen LogP contribution in [0, 0.1) is 5.92 Å². The van der Waals surface area contributed by atoms with E-state index in [1.807, 2.05) is 6.92 Å². The fourth-order valence-corrected chi connectivity index (χ4v) is 2.74. The number of nitrogens with one attached hydrogen (secondary N) is 2. The molecule has 0 bridgehead atoms. The summed E-state index contributed by atoms with van der Waals surface area (Å²) in [5.41, 5.74) is 0. The van der Waals surface area contributed by atoms with Gasteiger partial charge in [0.1, 0.15) is 0 Å². The second kappa shape index (κ2) is 8.54. The van der Waals surface area contributed by atoms with Crippen LogP contribution in [0.1, 0.15) is 47.0 Å². The quantitative estimate of drug-likeness (QED) is 0.738. The van der Waals surface area contributed by atoms with E-state index in [1.165, 1.54) is 12.8 Å². The van der Waals surface area contributed by atoms with E-state index in [4.69, 9.17) is 0 Å². The highest BCUT2D eigenvalue weighted by molar-refractivity contribution is 5.81. The SMILES string of the molecule is CCCNC(=O)C(C)N(CC1CCCNC1)C(C)C. The molecule has 1 rings (SSSR count). The van der Waals surface area contributed by atoms with Gasteiger partial charge in [-0.2, -0.15) is 0 Å². The first kappa shape index (κ1) is 16.4. The van der Waals surface area contributed by atoms with Crippen LogP contribution < -0.4 is 10.6 Å². The molecule has 0 radical (unpaired) electrons. The lowest BCUT2D eigenvalue weighted by Crippen LogP contribution is -2.51. The van der Waals surface area contributed by atoms with Crippen LogP contribution in [0.15, 0.2) is 0 Å². The molecule has 0 aromatic heterocycles. The average Bonchev–Trinajstić information content (AvgIpc) is 2.42. The van der Waals surface area contributed by atoms with E-state index in [1.54, 1.807) is 0 Å². The van der Waals surface area contributed by atoms with Gasteiger partial charge in [-0.15, -0.1) is 0 Å². The molecule has 2 atom stereocenters. The van der Waals surface area contributed by atoms with Crippen LogP contribution >= 0.6 is 0 Å². The molecule has 2 unspecified atom stereocenters. The Balaban J connectivity index is 2.52. The summed E-state index contributed by atoms with van der Waals surface area (Å²) in [5, 5.41) is 6.46. The van der Waals surface area contributed by atoms with Crippen LogP contribution in [0.5, 0.6) is 0 Å². The minimum absolute atomic E-state index is 0.0338. The summed E-state index contributed by atoms with van der Waals surface area (Å²) in [4.78, 5) is 14.5. The molecule has 1 aliphatic rings. The van der Waals surface area contributed by atoms with Crippen molar-refractivity contribution in [1.82, 2.24) is 15.5 Å². The Morgan fingerprint density at radius 3 is 2.68 bits per heavy atom. The minimum atomic E-state index is -0.0338. The van der Waals surface area contributed by atoms with Gasteiger partial charge in [-0.05, 0) is 59.0 Å². The first-order valence-corrected chi connectivity index (χ1v) is 7.80. The number of hydrogen-bond donors (Lipinski definition) is 2. The highest BCUT2D eigenvalue weighted by Gasteiger charge is 2.26. The zero-order valence-electron chi connectivity index (χ0n) is 13.0. The normalized spacial score (nSPS) is 21.7. The third kappa shape index (κ3) is 5.49. The summed E-state index contributed by atoms with van der Waals surface area (Å²) < 4.78 is 0. The van der Waals surface area contributed by atoms with E-state index in [0.29, 0.717) is 12.0 Å². The summed E-state index contributed by atoms with van der Waals surface area (Å²) in [6.07, 6.45) is 3.53. The molecule has 0 spiro atoms. The van der Waals surface area contributed by atoms with E-state index in [2.05, 4.69) is 36.3 Å². The predicted octanol–water partition coefficient (Wildman–Crippen LogP) is 1.61. The van der Waals surface area contributed by atoms with Crippen molar-refractivity contribution in [2.45, 2.75) is 59.0 Å². The third-order valence-corrected chi connectivity index (χ3v) is 3.96. The fourth-order valence-electron chi connectivity index (χ4n) is 2.74.